The Labute approximate surface area is 194 Å². The molecule has 170 valence electrons. The molecule has 1 N–H and O–H groups in total. The molecule has 1 aromatic heterocycles. The Morgan fingerprint density at radius 2 is 2.00 bits per heavy atom. The van der Waals surface area contributed by atoms with Gasteiger partial charge in [0.1, 0.15) is 19.0 Å². The number of nitrogens with one attached hydrogen (secondary N) is 1. The fourth-order valence-corrected chi connectivity index (χ4v) is 4.96. The minimum absolute atomic E-state index is 0.0408. The maximum Gasteiger partial charge on any atom is 0.224 e. The Kier molecular flexibility index (Phi) is 5.80. The second kappa shape index (κ2) is 8.90. The van der Waals surface area contributed by atoms with Crippen LogP contribution in [0.1, 0.15) is 29.3 Å². The van der Waals surface area contributed by atoms with E-state index in [-0.39, 0.29) is 23.0 Å². The third kappa shape index (κ3) is 4.20. The highest BCUT2D eigenvalue weighted by atomic mass is 32.2. The minimum Gasteiger partial charge on any atom is -0.486 e. The molecule has 3 aromatic rings. The van der Waals surface area contributed by atoms with Crippen molar-refractivity contribution in [1.82, 2.24) is 9.55 Å². The number of carbonyl (C=O) groups is 2. The lowest BCUT2D eigenvalue weighted by molar-refractivity contribution is -0.116. The maximum atomic E-state index is 14.6. The van der Waals surface area contributed by atoms with Gasteiger partial charge >= 0.3 is 0 Å². The van der Waals surface area contributed by atoms with E-state index in [1.54, 1.807) is 12.3 Å². The first-order valence-electron chi connectivity index (χ1n) is 10.8. The number of hydrogen-bond acceptors (Lipinski definition) is 6. The molecule has 9 heteroatoms. The number of thioether (sulfide) groups is 1. The number of ether oxygens (including phenoxy) is 2. The Bertz CT molecular complexity index is 1260. The van der Waals surface area contributed by atoms with Crippen LogP contribution in [-0.4, -0.2) is 40.2 Å². The van der Waals surface area contributed by atoms with Gasteiger partial charge in [0.05, 0.1) is 23.2 Å². The van der Waals surface area contributed by atoms with Crippen LogP contribution in [0, 0.1) is 5.82 Å². The summed E-state index contributed by atoms with van der Waals surface area (Å²) in [6.45, 7) is 3.71. The molecule has 0 atom stereocenters. The van der Waals surface area contributed by atoms with Crippen LogP contribution in [0.15, 0.2) is 41.7 Å². The van der Waals surface area contributed by atoms with Gasteiger partial charge in [-0.1, -0.05) is 11.8 Å². The molecule has 1 amide bonds. The van der Waals surface area contributed by atoms with Gasteiger partial charge in [0.2, 0.25) is 5.91 Å². The standard InChI is InChI=1S/C24H22FN3O4S/c1-2-28-19(15-3-5-21-22(10-15)32-8-7-31-21)12-26-24(28)33-13-20(29)16-9-14-4-6-23(30)27-18(14)11-17(16)25/h3,5,9-12H,2,4,6-8,13H2,1H3,(H,27,30). The number of anilines is 1. The van der Waals surface area contributed by atoms with Crippen molar-refractivity contribution in [3.63, 3.8) is 0 Å². The third-order valence-electron chi connectivity index (χ3n) is 5.69. The number of carbonyl (C=O) groups excluding carboxylic acids is 2. The predicted molar refractivity (Wildman–Crippen MR) is 123 cm³/mol. The van der Waals surface area contributed by atoms with Crippen LogP contribution in [0.3, 0.4) is 0 Å². The SMILES string of the molecule is CCn1c(-c2ccc3c(c2)OCCO3)cnc1SCC(=O)c1cc2c(cc1F)NC(=O)CC2. The number of benzene rings is 2. The molecule has 0 unspecified atom stereocenters. The second-order valence-corrected chi connectivity index (χ2v) is 8.72. The van der Waals surface area contributed by atoms with Crippen molar-refractivity contribution >= 4 is 29.1 Å². The third-order valence-corrected chi connectivity index (χ3v) is 6.68. The molecule has 2 aromatic carbocycles. The molecule has 0 fully saturated rings. The van der Waals surface area contributed by atoms with Crippen LogP contribution >= 0.6 is 11.8 Å². The second-order valence-electron chi connectivity index (χ2n) is 7.78. The fourth-order valence-electron chi connectivity index (χ4n) is 4.04. The number of aromatic nitrogens is 2. The lowest BCUT2D eigenvalue weighted by atomic mass is 9.98. The number of fused-ring (bicyclic) bond motifs is 2. The van der Waals surface area contributed by atoms with Gasteiger partial charge in [-0.15, -0.1) is 0 Å². The molecule has 0 saturated carbocycles. The summed E-state index contributed by atoms with van der Waals surface area (Å²) in [5, 5.41) is 3.33. The first-order chi connectivity index (χ1) is 16.0. The quantitative estimate of drug-likeness (QED) is 0.429. The Hall–Kier alpha value is -3.33. The van der Waals surface area contributed by atoms with Crippen LogP contribution in [0.2, 0.25) is 0 Å². The van der Waals surface area contributed by atoms with Crippen molar-refractivity contribution in [2.45, 2.75) is 31.5 Å². The van der Waals surface area contributed by atoms with Crippen molar-refractivity contribution in [2.75, 3.05) is 24.3 Å². The van der Waals surface area contributed by atoms with Crippen LogP contribution in [-0.2, 0) is 17.8 Å². The fraction of sp³-hybridized carbons (Fsp3) is 0.292. The van der Waals surface area contributed by atoms with E-state index in [1.807, 2.05) is 29.7 Å². The zero-order valence-corrected chi connectivity index (χ0v) is 18.8. The molecular weight excluding hydrogens is 445 g/mol. The van der Waals surface area contributed by atoms with Crippen LogP contribution in [0.5, 0.6) is 11.5 Å². The van der Waals surface area contributed by atoms with E-state index < -0.39 is 5.82 Å². The van der Waals surface area contributed by atoms with Crippen LogP contribution < -0.4 is 14.8 Å². The molecular formula is C24H22FN3O4S. The van der Waals surface area contributed by atoms with Crippen LogP contribution in [0.25, 0.3) is 11.3 Å². The topological polar surface area (TPSA) is 82.4 Å². The van der Waals surface area contributed by atoms with E-state index in [4.69, 9.17) is 9.47 Å². The van der Waals surface area contributed by atoms with Gasteiger partial charge in [-0.3, -0.25) is 9.59 Å². The van der Waals surface area contributed by atoms with Crippen molar-refractivity contribution in [1.29, 1.82) is 0 Å². The summed E-state index contributed by atoms with van der Waals surface area (Å²) in [6, 6.07) is 8.56. The highest BCUT2D eigenvalue weighted by molar-refractivity contribution is 7.99. The molecule has 0 spiro atoms. The van der Waals surface area contributed by atoms with Gasteiger partial charge in [0.25, 0.3) is 0 Å². The van der Waals surface area contributed by atoms with Gasteiger partial charge in [-0.2, -0.15) is 0 Å². The zero-order chi connectivity index (χ0) is 22.9. The molecule has 5 rings (SSSR count). The maximum absolute atomic E-state index is 14.6. The first kappa shape index (κ1) is 21.5. The van der Waals surface area contributed by atoms with Crippen molar-refractivity contribution in [3.05, 3.63) is 53.5 Å². The molecule has 0 radical (unpaired) electrons. The molecule has 0 bridgehead atoms. The van der Waals surface area contributed by atoms with E-state index in [0.717, 1.165) is 22.6 Å². The number of aryl methyl sites for hydroxylation is 1. The highest BCUT2D eigenvalue weighted by Crippen LogP contribution is 2.36. The number of hydrogen-bond donors (Lipinski definition) is 1. The van der Waals surface area contributed by atoms with Gasteiger partial charge in [0.15, 0.2) is 22.4 Å². The largest absolute Gasteiger partial charge is 0.486 e. The average molecular weight is 468 g/mol. The predicted octanol–water partition coefficient (Wildman–Crippen LogP) is 4.34. The molecule has 3 heterocycles. The summed E-state index contributed by atoms with van der Waals surface area (Å²) >= 11 is 1.28. The lowest BCUT2D eigenvalue weighted by Crippen LogP contribution is -2.20. The Morgan fingerprint density at radius 1 is 1.18 bits per heavy atom. The molecule has 0 aliphatic carbocycles. The van der Waals surface area contributed by atoms with E-state index in [2.05, 4.69) is 10.3 Å². The Balaban J connectivity index is 1.34. The van der Waals surface area contributed by atoms with Crippen molar-refractivity contribution in [2.24, 2.45) is 0 Å². The summed E-state index contributed by atoms with van der Waals surface area (Å²) < 4.78 is 27.9. The van der Waals surface area contributed by atoms with E-state index >= 15 is 0 Å². The number of ketones is 1. The smallest absolute Gasteiger partial charge is 0.224 e. The Morgan fingerprint density at radius 3 is 2.82 bits per heavy atom. The summed E-state index contributed by atoms with van der Waals surface area (Å²) in [5.74, 6) is 0.392. The van der Waals surface area contributed by atoms with Crippen molar-refractivity contribution < 1.29 is 23.5 Å². The van der Waals surface area contributed by atoms with Crippen molar-refractivity contribution in [3.8, 4) is 22.8 Å². The molecule has 2 aliphatic rings. The molecule has 0 saturated heterocycles. The molecule has 33 heavy (non-hydrogen) atoms. The normalized spacial score (nSPS) is 14.5. The molecule has 7 nitrogen and oxygen atoms in total. The number of halogens is 1. The van der Waals surface area contributed by atoms with E-state index in [9.17, 15) is 14.0 Å². The lowest BCUT2D eigenvalue weighted by Gasteiger charge is -2.19. The summed E-state index contributed by atoms with van der Waals surface area (Å²) in [7, 11) is 0. The molecule has 2 aliphatic heterocycles. The zero-order valence-electron chi connectivity index (χ0n) is 18.0. The monoisotopic (exact) mass is 467 g/mol. The first-order valence-corrected chi connectivity index (χ1v) is 11.8. The number of nitrogens with zero attached hydrogens (tertiary/aromatic N) is 2. The average Bonchev–Trinajstić information content (AvgIpc) is 3.24. The number of imidazole rings is 1. The number of amides is 1. The summed E-state index contributed by atoms with van der Waals surface area (Å²) in [4.78, 5) is 28.8. The van der Waals surface area contributed by atoms with Gasteiger partial charge in [-0.25, -0.2) is 9.37 Å². The van der Waals surface area contributed by atoms with Gasteiger partial charge < -0.3 is 19.4 Å². The van der Waals surface area contributed by atoms with Crippen LogP contribution in [0.4, 0.5) is 10.1 Å². The van der Waals surface area contributed by atoms with Gasteiger partial charge in [-0.05, 0) is 49.2 Å². The minimum atomic E-state index is -0.627. The van der Waals surface area contributed by atoms with E-state index in [1.165, 1.54) is 17.8 Å². The van der Waals surface area contributed by atoms with Gasteiger partial charge in [0, 0.05) is 24.2 Å². The summed E-state index contributed by atoms with van der Waals surface area (Å²) in [6.07, 6.45) is 2.59. The highest BCUT2D eigenvalue weighted by Gasteiger charge is 2.22. The number of rotatable bonds is 6. The number of Topliss-reactive ketones (excluding diaryl/α,β-unsaturated/α-hetero) is 1. The van der Waals surface area contributed by atoms with E-state index in [0.29, 0.717) is 49.2 Å². The summed E-state index contributed by atoms with van der Waals surface area (Å²) in [5.41, 5.74) is 3.10.